The van der Waals surface area contributed by atoms with Crippen LogP contribution in [0.4, 0.5) is 86.0 Å². The molecule has 0 radical (unpaired) electrons. The minimum Gasteiger partial charge on any atom is -0.435 e. The van der Waals surface area contributed by atoms with E-state index in [-0.39, 0.29) is 18.5 Å². The summed E-state index contributed by atoms with van der Waals surface area (Å²) in [4.78, 5) is 64.3. The van der Waals surface area contributed by atoms with Gasteiger partial charge in [0.2, 0.25) is 28.6 Å². The van der Waals surface area contributed by atoms with E-state index in [1.165, 1.54) is 9.80 Å². The maximum atomic E-state index is 8.69. The Morgan fingerprint density at radius 1 is 0.244 bits per heavy atom. The van der Waals surface area contributed by atoms with Crippen LogP contribution >= 0.6 is 0 Å². The van der Waals surface area contributed by atoms with E-state index in [1.807, 2.05) is 211 Å². The van der Waals surface area contributed by atoms with E-state index in [2.05, 4.69) is 158 Å². The first-order chi connectivity index (χ1) is 66.9. The molecule has 20 heterocycles. The average molecular weight is 1750 g/mol. The van der Waals surface area contributed by atoms with Gasteiger partial charge in [0.15, 0.2) is 57.0 Å². The molecule has 0 amide bonds. The van der Waals surface area contributed by atoms with Crippen LogP contribution in [0.2, 0.25) is 0 Å². The molecule has 0 fully saturated rings. The number of pyridine rings is 10. The number of aryl methyl sites for hydroxylation is 5. The Kier molecular flexibility index (Phi) is 18.0. The van der Waals surface area contributed by atoms with Crippen LogP contribution in [0.3, 0.4) is 0 Å². The first-order valence-electron chi connectivity index (χ1n) is 48.4. The molecule has 0 spiro atoms. The molecule has 20 aromatic rings. The fourth-order valence-electron chi connectivity index (χ4n) is 19.9. The van der Waals surface area contributed by atoms with Crippen LogP contribution in [0.1, 0.15) is 116 Å². The van der Waals surface area contributed by atoms with Gasteiger partial charge in [-0.25, -0.2) is 49.8 Å². The predicted molar refractivity (Wildman–Crippen MR) is 530 cm³/mol. The Bertz CT molecular complexity index is 7180. The van der Waals surface area contributed by atoms with E-state index in [9.17, 15) is 0 Å². The zero-order valence-electron chi connectivity index (χ0n) is 84.5. The lowest BCUT2D eigenvalue weighted by atomic mass is 10.1. The van der Waals surface area contributed by atoms with Crippen molar-refractivity contribution >= 4 is 196 Å². The van der Waals surface area contributed by atoms with Crippen molar-refractivity contribution < 1.29 is 34.4 Å². The average Bonchev–Trinajstić information content (AvgIpc) is 1.59. The summed E-state index contributed by atoms with van der Waals surface area (Å²) in [6.07, 6.45) is 16.2. The van der Waals surface area contributed by atoms with Crippen molar-refractivity contribution in [2.75, 3.05) is 63.0 Å². The number of fused-ring (bicyclic) bond motifs is 20. The quantitative estimate of drug-likeness (QED) is 0.138. The van der Waals surface area contributed by atoms with Crippen molar-refractivity contribution in [1.82, 2.24) is 49.8 Å². The molecule has 0 bridgehead atoms. The van der Waals surface area contributed by atoms with Crippen molar-refractivity contribution in [3.05, 3.63) is 272 Å². The molecule has 131 heavy (non-hydrogen) atoms. The number of anilines is 15. The van der Waals surface area contributed by atoms with Crippen molar-refractivity contribution in [3.8, 4) is 0 Å². The Hall–Kier alpha value is -15.4. The van der Waals surface area contributed by atoms with Crippen molar-refractivity contribution in [2.24, 2.45) is 0 Å². The van der Waals surface area contributed by atoms with E-state index in [4.69, 9.17) is 34.4 Å². The number of nitrogens with zero attached hydrogens (tertiary/aromatic N) is 20. The zero-order valence-corrected chi connectivity index (χ0v) is 75.5. The van der Waals surface area contributed by atoms with Gasteiger partial charge in [0.25, 0.3) is 0 Å². The summed E-state index contributed by atoms with van der Waals surface area (Å²) in [5.41, 5.74) is 21.0. The van der Waals surface area contributed by atoms with E-state index >= 15 is 0 Å². The van der Waals surface area contributed by atoms with Gasteiger partial charge in [-0.05, 0) is 260 Å². The number of aromatic nitrogens is 10. The Morgan fingerprint density at radius 2 is 0.481 bits per heavy atom. The number of hydrogen-bond acceptors (Lipinski definition) is 25. The number of rotatable bonds is 8. The highest BCUT2D eigenvalue weighted by atomic mass is 16.4. The normalized spacial score (nSPS) is 18.2. The first kappa shape index (κ1) is 72.6. The van der Waals surface area contributed by atoms with Gasteiger partial charge >= 0.3 is 0 Å². The third kappa shape index (κ3) is 13.2. The molecule has 5 atom stereocenters. The fourth-order valence-corrected chi connectivity index (χ4v) is 19.9. The standard InChI is InChI=1S/3C22H22N4O.2C20H18N4O/c1-13(2)25-15(4)26(18-8-6-11-23-21(18)25)19-14(3)9-10-16-17-7-5-12-24-22(17)27-20(16)19;2*1-13(2)25-15(4)26(21-18(25)8-6-11-23-21)19-14(3)9-10-16-17-7-5-12-24-22(17)27-20(16)19;1-12-8-9-14-15-6-4-11-22-20(15)25-18(14)17(12)24-13(2)23(3)19-16(24)7-5-10-21-19;1-12-8-9-14-15-6-4-11-22-20(15)25-18(14)17(12)24-13(2)23(3)16-7-5-10-21-19(16)24/h3*5-13,15H,1-4H3;2*4-11,13H,1-3H3/i3*13D;2*3D3. The summed E-state index contributed by atoms with van der Waals surface area (Å²) in [6, 6.07) is 57.1. The summed E-state index contributed by atoms with van der Waals surface area (Å²) < 4.78 is 105. The molecule has 5 aromatic carbocycles. The highest BCUT2D eigenvalue weighted by Gasteiger charge is 2.44. The minimum absolute atomic E-state index is 0.0807. The molecule has 0 aliphatic carbocycles. The molecular formula is C106H102N20O5. The van der Waals surface area contributed by atoms with Crippen LogP contribution in [0.25, 0.3) is 110 Å². The van der Waals surface area contributed by atoms with Crippen molar-refractivity contribution in [1.29, 1.82) is 0 Å². The van der Waals surface area contributed by atoms with Gasteiger partial charge in [-0.1, -0.05) is 60.7 Å². The zero-order chi connectivity index (χ0) is 98.1. The van der Waals surface area contributed by atoms with E-state index in [0.717, 1.165) is 167 Å². The highest BCUT2D eigenvalue weighted by Crippen LogP contribution is 2.55. The lowest BCUT2D eigenvalue weighted by Crippen LogP contribution is -2.42. The minimum atomic E-state index is -2.31. The second-order valence-electron chi connectivity index (χ2n) is 34.3. The van der Waals surface area contributed by atoms with Crippen molar-refractivity contribution in [2.45, 2.75) is 160 Å². The molecule has 15 aromatic heterocycles. The van der Waals surface area contributed by atoms with Crippen LogP contribution in [-0.2, 0) is 0 Å². The molecule has 25 rings (SSSR count). The van der Waals surface area contributed by atoms with Crippen LogP contribution in [0.15, 0.2) is 266 Å². The SMILES string of the molecule is [2H]C(C)(C)N1c2cccnc2N(c2c(C)ccc3c2oc2ncccc23)C1C.[2H]C(C)(C)N1c2cccnc2N(c2c(C)ccc3c2oc2ncccc23)C1C.[2H]C(C)(C)N1c2ncccc2N(c2c(C)ccc3c2oc2ncccc23)C1C.[2H]C([2H])([2H])N1c2cccnc2N(c2c(C)ccc3c2oc2ncccc23)C1C.[2H]C([2H])([2H])N1c2ncccc2N(c2c(C)ccc3c2oc2ncccc23)C1C. The molecule has 5 aliphatic rings. The molecule has 25 heteroatoms. The topological polar surface area (TPSA) is 227 Å². The maximum absolute atomic E-state index is 8.69. The van der Waals surface area contributed by atoms with Gasteiger partial charge in [-0.2, -0.15) is 0 Å². The molecule has 0 saturated carbocycles. The van der Waals surface area contributed by atoms with E-state index in [0.29, 0.717) is 57.1 Å². The van der Waals surface area contributed by atoms with E-state index in [1.54, 1.807) is 74.1 Å². The summed E-state index contributed by atoms with van der Waals surface area (Å²) in [6.45, 7) is 27.1. The monoisotopic (exact) mass is 1740 g/mol. The molecule has 5 aliphatic heterocycles. The summed E-state index contributed by atoms with van der Waals surface area (Å²) in [7, 11) is 0. The van der Waals surface area contributed by atoms with Gasteiger partial charge in [0, 0.05) is 156 Å². The Morgan fingerprint density at radius 3 is 0.802 bits per heavy atom. The van der Waals surface area contributed by atoms with Crippen LogP contribution < -0.4 is 49.0 Å². The number of furan rings is 5. The fraction of sp³-hybridized carbons (Fsp3) is 0.245. The molecule has 0 N–H and O–H groups in total. The highest BCUT2D eigenvalue weighted by molar-refractivity contribution is 6.15. The molecular weight excluding hydrogens is 1630 g/mol. The Labute approximate surface area is 771 Å². The second-order valence-corrected chi connectivity index (χ2v) is 34.3. The molecule has 0 saturated heterocycles. The molecule has 656 valence electrons. The molecule has 5 unspecified atom stereocenters. The smallest absolute Gasteiger partial charge is 0.227 e. The van der Waals surface area contributed by atoms with Gasteiger partial charge in [0.1, 0.15) is 30.8 Å². The van der Waals surface area contributed by atoms with Crippen LogP contribution in [0, 0.1) is 34.6 Å². The summed E-state index contributed by atoms with van der Waals surface area (Å²) in [5, 5.41) is 9.90. The predicted octanol–water partition coefficient (Wildman–Crippen LogP) is 25.4. The lowest BCUT2D eigenvalue weighted by molar-refractivity contribution is 0.597. The van der Waals surface area contributed by atoms with Crippen molar-refractivity contribution in [3.63, 3.8) is 0 Å². The van der Waals surface area contributed by atoms with Gasteiger partial charge in [-0.15, -0.1) is 0 Å². The van der Waals surface area contributed by atoms with Crippen LogP contribution in [-0.4, -0.2) is 113 Å². The number of benzene rings is 5. The second kappa shape index (κ2) is 32.4. The largest absolute Gasteiger partial charge is 0.435 e. The van der Waals surface area contributed by atoms with Crippen LogP contribution in [0.5, 0.6) is 0 Å². The van der Waals surface area contributed by atoms with Gasteiger partial charge in [-0.3, -0.25) is 0 Å². The van der Waals surface area contributed by atoms with Gasteiger partial charge < -0.3 is 71.1 Å². The number of hydrogen-bond donors (Lipinski definition) is 0. The van der Waals surface area contributed by atoms with Gasteiger partial charge in [0.05, 0.1) is 61.0 Å². The lowest BCUT2D eigenvalue weighted by Gasteiger charge is -2.33. The third-order valence-electron chi connectivity index (χ3n) is 25.6. The summed E-state index contributed by atoms with van der Waals surface area (Å²) in [5.74, 6) is 3.56. The summed E-state index contributed by atoms with van der Waals surface area (Å²) >= 11 is 0. The Balaban J connectivity index is 0.000000104. The maximum Gasteiger partial charge on any atom is 0.227 e. The van der Waals surface area contributed by atoms with E-state index < -0.39 is 44.3 Å². The third-order valence-corrected chi connectivity index (χ3v) is 25.6. The first-order valence-corrected chi connectivity index (χ1v) is 43.9. The molecule has 25 nitrogen and oxygen atoms in total.